The van der Waals surface area contributed by atoms with Crippen molar-refractivity contribution in [2.45, 2.75) is 26.1 Å². The summed E-state index contributed by atoms with van der Waals surface area (Å²) in [7, 11) is 1.90. The standard InChI is InChI=1S/C13H22N6O/c1-3-19-12(14-10-15-19)9-17-5-7-18-6-4-16(2)13(20)11(18)8-17/h10-11H,3-9H2,1-2H3. The van der Waals surface area contributed by atoms with Gasteiger partial charge in [-0.05, 0) is 6.92 Å². The van der Waals surface area contributed by atoms with Crippen LogP contribution in [0.5, 0.6) is 0 Å². The van der Waals surface area contributed by atoms with E-state index in [1.165, 1.54) is 0 Å². The fraction of sp³-hybridized carbons (Fsp3) is 0.769. The molecule has 2 aliphatic heterocycles. The van der Waals surface area contributed by atoms with Gasteiger partial charge in [0.2, 0.25) is 5.91 Å². The Labute approximate surface area is 119 Å². The zero-order valence-corrected chi connectivity index (χ0v) is 12.2. The van der Waals surface area contributed by atoms with Crippen molar-refractivity contribution in [2.75, 3.05) is 39.8 Å². The molecule has 0 aliphatic carbocycles. The van der Waals surface area contributed by atoms with Crippen LogP contribution in [0.3, 0.4) is 0 Å². The van der Waals surface area contributed by atoms with Gasteiger partial charge in [0.15, 0.2) is 0 Å². The summed E-state index contributed by atoms with van der Waals surface area (Å²) in [6.07, 6.45) is 1.61. The Morgan fingerprint density at radius 2 is 2.10 bits per heavy atom. The number of aryl methyl sites for hydroxylation is 1. The van der Waals surface area contributed by atoms with Crippen LogP contribution in [-0.4, -0.2) is 81.2 Å². The number of rotatable bonds is 3. The zero-order valence-electron chi connectivity index (χ0n) is 12.2. The molecule has 1 unspecified atom stereocenters. The molecule has 0 bridgehead atoms. The quantitative estimate of drug-likeness (QED) is 0.728. The molecule has 0 spiro atoms. The van der Waals surface area contributed by atoms with E-state index >= 15 is 0 Å². The Balaban J connectivity index is 1.67. The number of nitrogens with zero attached hydrogens (tertiary/aromatic N) is 6. The summed E-state index contributed by atoms with van der Waals surface area (Å²) in [5.74, 6) is 1.23. The van der Waals surface area contributed by atoms with Gasteiger partial charge < -0.3 is 4.90 Å². The minimum atomic E-state index is 0.0143. The average Bonchev–Trinajstić information content (AvgIpc) is 2.90. The molecule has 1 aromatic heterocycles. The van der Waals surface area contributed by atoms with Crippen LogP contribution >= 0.6 is 0 Å². The smallest absolute Gasteiger partial charge is 0.241 e. The fourth-order valence-electron chi connectivity index (χ4n) is 3.04. The number of piperazine rings is 2. The molecule has 0 aromatic carbocycles. The second-order valence-corrected chi connectivity index (χ2v) is 5.54. The summed E-state index contributed by atoms with van der Waals surface area (Å²) < 4.78 is 1.92. The molecule has 110 valence electrons. The third kappa shape index (κ3) is 2.43. The minimum Gasteiger partial charge on any atom is -0.343 e. The number of aromatic nitrogens is 3. The first-order chi connectivity index (χ1) is 9.69. The number of carbonyl (C=O) groups is 1. The first-order valence-electron chi connectivity index (χ1n) is 7.27. The highest BCUT2D eigenvalue weighted by atomic mass is 16.2. The topological polar surface area (TPSA) is 57.5 Å². The zero-order chi connectivity index (χ0) is 14.1. The van der Waals surface area contributed by atoms with Gasteiger partial charge >= 0.3 is 0 Å². The Morgan fingerprint density at radius 1 is 1.30 bits per heavy atom. The summed E-state index contributed by atoms with van der Waals surface area (Å²) in [6, 6.07) is 0.0143. The predicted molar refractivity (Wildman–Crippen MR) is 74.0 cm³/mol. The third-order valence-corrected chi connectivity index (χ3v) is 4.32. The van der Waals surface area contributed by atoms with Gasteiger partial charge in [-0.25, -0.2) is 9.67 Å². The predicted octanol–water partition coefficient (Wildman–Crippen LogP) is -0.744. The van der Waals surface area contributed by atoms with E-state index in [1.807, 2.05) is 16.6 Å². The van der Waals surface area contributed by atoms with Gasteiger partial charge in [-0.3, -0.25) is 14.6 Å². The van der Waals surface area contributed by atoms with Crippen molar-refractivity contribution in [1.29, 1.82) is 0 Å². The van der Waals surface area contributed by atoms with E-state index in [4.69, 9.17) is 0 Å². The second kappa shape index (κ2) is 5.49. The lowest BCUT2D eigenvalue weighted by atomic mass is 10.1. The van der Waals surface area contributed by atoms with Gasteiger partial charge in [0.05, 0.1) is 6.54 Å². The number of likely N-dealkylation sites (N-methyl/N-ethyl adjacent to an activating group) is 1. The highest BCUT2D eigenvalue weighted by molar-refractivity contribution is 5.82. The van der Waals surface area contributed by atoms with Gasteiger partial charge in [-0.2, -0.15) is 5.10 Å². The Bertz CT molecular complexity index is 487. The molecule has 2 saturated heterocycles. The van der Waals surface area contributed by atoms with E-state index in [9.17, 15) is 4.79 Å². The van der Waals surface area contributed by atoms with E-state index in [0.717, 1.165) is 51.6 Å². The minimum absolute atomic E-state index is 0.0143. The van der Waals surface area contributed by atoms with Gasteiger partial charge in [-0.15, -0.1) is 0 Å². The highest BCUT2D eigenvalue weighted by Crippen LogP contribution is 2.17. The van der Waals surface area contributed by atoms with Crippen LogP contribution in [0, 0.1) is 0 Å². The first-order valence-corrected chi connectivity index (χ1v) is 7.27. The normalized spacial score (nSPS) is 25.0. The molecule has 1 aromatic rings. The molecule has 1 atom stereocenters. The lowest BCUT2D eigenvalue weighted by molar-refractivity contribution is -0.143. The number of fused-ring (bicyclic) bond motifs is 1. The van der Waals surface area contributed by atoms with E-state index in [1.54, 1.807) is 6.33 Å². The molecule has 3 heterocycles. The SMILES string of the molecule is CCn1ncnc1CN1CCN2CCN(C)C(=O)C2C1. The number of amides is 1. The molecule has 0 saturated carbocycles. The molecule has 7 heteroatoms. The summed E-state index contributed by atoms with van der Waals surface area (Å²) in [5, 5.41) is 4.20. The summed E-state index contributed by atoms with van der Waals surface area (Å²) in [6.45, 7) is 8.25. The maximum Gasteiger partial charge on any atom is 0.241 e. The van der Waals surface area contributed by atoms with Crippen molar-refractivity contribution in [1.82, 2.24) is 29.5 Å². The summed E-state index contributed by atoms with van der Waals surface area (Å²) >= 11 is 0. The maximum atomic E-state index is 12.3. The van der Waals surface area contributed by atoms with Crippen LogP contribution in [0.25, 0.3) is 0 Å². The molecule has 2 fully saturated rings. The maximum absolute atomic E-state index is 12.3. The average molecular weight is 278 g/mol. The van der Waals surface area contributed by atoms with Gasteiger partial charge in [-0.1, -0.05) is 0 Å². The first kappa shape index (κ1) is 13.5. The van der Waals surface area contributed by atoms with Crippen LogP contribution in [0.1, 0.15) is 12.7 Å². The lowest BCUT2D eigenvalue weighted by Crippen LogP contribution is -2.63. The summed E-state index contributed by atoms with van der Waals surface area (Å²) in [4.78, 5) is 23.0. The van der Waals surface area contributed by atoms with Crippen LogP contribution in [0.2, 0.25) is 0 Å². The Hall–Kier alpha value is -1.47. The summed E-state index contributed by atoms with van der Waals surface area (Å²) in [5.41, 5.74) is 0. The molecule has 2 aliphatic rings. The van der Waals surface area contributed by atoms with Gasteiger partial charge in [0.1, 0.15) is 18.2 Å². The molecule has 0 N–H and O–H groups in total. The molecular weight excluding hydrogens is 256 g/mol. The van der Waals surface area contributed by atoms with Crippen LogP contribution in [0.15, 0.2) is 6.33 Å². The van der Waals surface area contributed by atoms with Crippen LogP contribution in [0.4, 0.5) is 0 Å². The highest BCUT2D eigenvalue weighted by Gasteiger charge is 2.37. The van der Waals surface area contributed by atoms with E-state index in [2.05, 4.69) is 26.8 Å². The molecule has 0 radical (unpaired) electrons. The van der Waals surface area contributed by atoms with Crippen molar-refractivity contribution in [3.63, 3.8) is 0 Å². The number of hydrogen-bond donors (Lipinski definition) is 0. The Kier molecular flexibility index (Phi) is 3.71. The largest absolute Gasteiger partial charge is 0.343 e. The van der Waals surface area contributed by atoms with E-state index < -0.39 is 0 Å². The van der Waals surface area contributed by atoms with Gasteiger partial charge in [0, 0.05) is 46.3 Å². The van der Waals surface area contributed by atoms with Crippen molar-refractivity contribution in [3.05, 3.63) is 12.2 Å². The van der Waals surface area contributed by atoms with Crippen molar-refractivity contribution in [3.8, 4) is 0 Å². The van der Waals surface area contributed by atoms with Crippen molar-refractivity contribution < 1.29 is 4.79 Å². The van der Waals surface area contributed by atoms with Crippen LogP contribution in [-0.2, 0) is 17.9 Å². The molecule has 20 heavy (non-hydrogen) atoms. The third-order valence-electron chi connectivity index (χ3n) is 4.32. The van der Waals surface area contributed by atoms with Crippen molar-refractivity contribution >= 4 is 5.91 Å². The number of carbonyl (C=O) groups excluding carboxylic acids is 1. The fourth-order valence-corrected chi connectivity index (χ4v) is 3.04. The van der Waals surface area contributed by atoms with Crippen LogP contribution < -0.4 is 0 Å². The Morgan fingerprint density at radius 3 is 2.90 bits per heavy atom. The van der Waals surface area contributed by atoms with E-state index in [0.29, 0.717) is 0 Å². The second-order valence-electron chi connectivity index (χ2n) is 5.54. The molecule has 3 rings (SSSR count). The van der Waals surface area contributed by atoms with E-state index in [-0.39, 0.29) is 11.9 Å². The molecular formula is C13H22N6O. The van der Waals surface area contributed by atoms with Gasteiger partial charge in [0.25, 0.3) is 0 Å². The molecule has 7 nitrogen and oxygen atoms in total. The molecule has 1 amide bonds. The van der Waals surface area contributed by atoms with Crippen molar-refractivity contribution in [2.24, 2.45) is 0 Å². The monoisotopic (exact) mass is 278 g/mol. The number of hydrogen-bond acceptors (Lipinski definition) is 5. The lowest BCUT2D eigenvalue weighted by Gasteiger charge is -2.45.